The van der Waals surface area contributed by atoms with E-state index < -0.39 is 0 Å². The van der Waals surface area contributed by atoms with Crippen LogP contribution in [-0.2, 0) is 0 Å². The molecule has 6 aromatic carbocycles. The van der Waals surface area contributed by atoms with Crippen LogP contribution in [0.15, 0.2) is 188 Å². The monoisotopic (exact) mass is 639 g/mol. The number of fused-ring (bicyclic) bond motifs is 4. The summed E-state index contributed by atoms with van der Waals surface area (Å²) in [5, 5.41) is 2.32. The van der Waals surface area contributed by atoms with Gasteiger partial charge in [0, 0.05) is 27.8 Å². The van der Waals surface area contributed by atoms with Gasteiger partial charge in [-0.3, -0.25) is 4.57 Å². The van der Waals surface area contributed by atoms with E-state index in [4.69, 9.17) is 9.97 Å². The van der Waals surface area contributed by atoms with E-state index in [2.05, 4.69) is 187 Å². The van der Waals surface area contributed by atoms with Crippen molar-refractivity contribution in [3.8, 4) is 28.5 Å². The fourth-order valence-electron chi connectivity index (χ4n) is 7.11. The molecule has 0 saturated carbocycles. The largest absolute Gasteiger partial charge is 0.278 e. The van der Waals surface area contributed by atoms with Crippen LogP contribution >= 0.6 is 0 Å². The van der Waals surface area contributed by atoms with Crippen molar-refractivity contribution in [2.24, 2.45) is 0 Å². The molecule has 1 aliphatic rings. The molecule has 0 N–H and O–H groups in total. The van der Waals surface area contributed by atoms with Crippen LogP contribution in [0.25, 0.3) is 61.9 Å². The zero-order valence-electron chi connectivity index (χ0n) is 27.4. The Labute approximate surface area is 291 Å². The molecule has 236 valence electrons. The van der Waals surface area contributed by atoms with E-state index in [0.717, 1.165) is 55.5 Å². The second kappa shape index (κ2) is 12.8. The number of nitrogens with zero attached hydrogens (tertiary/aromatic N) is 3. The number of para-hydroxylation sites is 1. The van der Waals surface area contributed by atoms with Crippen LogP contribution in [0.4, 0.5) is 0 Å². The van der Waals surface area contributed by atoms with Gasteiger partial charge in [0.1, 0.15) is 0 Å². The summed E-state index contributed by atoms with van der Waals surface area (Å²) in [6.07, 6.45) is 11.3. The molecule has 3 nitrogen and oxygen atoms in total. The Morgan fingerprint density at radius 3 is 1.84 bits per heavy atom. The molecule has 1 aliphatic carbocycles. The maximum absolute atomic E-state index is 5.19. The molecule has 50 heavy (non-hydrogen) atoms. The first-order valence-electron chi connectivity index (χ1n) is 17.0. The van der Waals surface area contributed by atoms with Crippen molar-refractivity contribution >= 4 is 33.5 Å². The van der Waals surface area contributed by atoms with E-state index in [1.54, 1.807) is 0 Å². The summed E-state index contributed by atoms with van der Waals surface area (Å²) in [5.41, 5.74) is 12.1. The van der Waals surface area contributed by atoms with Crippen LogP contribution in [0, 0.1) is 0 Å². The topological polar surface area (TPSA) is 30.7 Å². The van der Waals surface area contributed by atoms with Gasteiger partial charge in [0.05, 0.1) is 22.4 Å². The van der Waals surface area contributed by atoms with Crippen LogP contribution in [0.3, 0.4) is 0 Å². The first kappa shape index (κ1) is 29.6. The first-order chi connectivity index (χ1) is 24.8. The molecule has 0 bridgehead atoms. The number of rotatable bonds is 5. The van der Waals surface area contributed by atoms with Crippen molar-refractivity contribution in [2.45, 2.75) is 5.92 Å². The highest BCUT2D eigenvalue weighted by molar-refractivity contribution is 6.10. The highest BCUT2D eigenvalue weighted by Gasteiger charge is 2.18. The van der Waals surface area contributed by atoms with Crippen LogP contribution < -0.4 is 0 Å². The van der Waals surface area contributed by atoms with Crippen molar-refractivity contribution in [2.75, 3.05) is 0 Å². The van der Waals surface area contributed by atoms with Gasteiger partial charge in [0.15, 0.2) is 0 Å². The first-order valence-corrected chi connectivity index (χ1v) is 17.0. The molecule has 0 amide bonds. The lowest BCUT2D eigenvalue weighted by Gasteiger charge is -2.16. The second-order valence-electron chi connectivity index (χ2n) is 12.6. The van der Waals surface area contributed by atoms with Crippen molar-refractivity contribution in [3.05, 3.63) is 210 Å². The Kier molecular flexibility index (Phi) is 7.56. The number of aromatic nitrogens is 3. The second-order valence-corrected chi connectivity index (χ2v) is 12.6. The van der Waals surface area contributed by atoms with Gasteiger partial charge in [0.25, 0.3) is 0 Å². The molecule has 8 aromatic rings. The predicted octanol–water partition coefficient (Wildman–Crippen LogP) is 11.7. The summed E-state index contributed by atoms with van der Waals surface area (Å²) in [6.45, 7) is 0. The van der Waals surface area contributed by atoms with E-state index in [1.165, 1.54) is 16.7 Å². The Morgan fingerprint density at radius 1 is 0.480 bits per heavy atom. The molecule has 2 aromatic heterocycles. The van der Waals surface area contributed by atoms with Crippen LogP contribution in [0.2, 0.25) is 0 Å². The molecule has 2 heterocycles. The number of hydrogen-bond donors (Lipinski definition) is 0. The Hall–Kier alpha value is -6.58. The van der Waals surface area contributed by atoms with Gasteiger partial charge < -0.3 is 0 Å². The third kappa shape index (κ3) is 5.45. The highest BCUT2D eigenvalue weighted by atomic mass is 15.2. The molecule has 0 aliphatic heterocycles. The maximum atomic E-state index is 5.19. The summed E-state index contributed by atoms with van der Waals surface area (Å²) in [5.74, 6) is 0.817. The smallest absolute Gasteiger partial charge is 0.235 e. The Balaban J connectivity index is 1.20. The van der Waals surface area contributed by atoms with Crippen molar-refractivity contribution in [3.63, 3.8) is 0 Å². The van der Waals surface area contributed by atoms with Gasteiger partial charge in [-0.2, -0.15) is 0 Å². The molecular weight excluding hydrogens is 607 g/mol. The normalized spacial score (nSPS) is 14.8. The maximum Gasteiger partial charge on any atom is 0.235 e. The summed E-state index contributed by atoms with van der Waals surface area (Å²) in [4.78, 5) is 10.4. The summed E-state index contributed by atoms with van der Waals surface area (Å²) in [7, 11) is 0. The van der Waals surface area contributed by atoms with Crippen molar-refractivity contribution in [1.82, 2.24) is 14.5 Å². The molecule has 1 atom stereocenters. The van der Waals surface area contributed by atoms with E-state index in [0.29, 0.717) is 5.95 Å². The standard InChI is InChI=1S/C47H33N3/c1-4-15-34(16-5-1)40-25-14-22-33(27-28-35-17-10-11-23-39(35)40)38-29-30-46-42(31-38)41-24-12-13-26-45(41)50(46)47-48-43(36-18-6-2-7-19-36)32-44(49-47)37-20-8-3-9-21-37/h1-32,40H/b25-14+,28-27?,33-22?. The minimum Gasteiger partial charge on any atom is -0.278 e. The SMILES string of the molecule is C1=Cc2ccccc2C(c2ccccc2)/C=C/C=C1c1ccc2c(c1)c1ccccc1n2-c1nc(-c2ccccc2)cc(-c2ccccc2)n1. The molecule has 0 spiro atoms. The fraction of sp³-hybridized carbons (Fsp3) is 0.0213. The summed E-state index contributed by atoms with van der Waals surface area (Å²) >= 11 is 0. The average Bonchev–Trinajstić information content (AvgIpc) is 3.56. The lowest BCUT2D eigenvalue weighted by Crippen LogP contribution is -2.04. The van der Waals surface area contributed by atoms with E-state index in [1.807, 2.05) is 12.1 Å². The van der Waals surface area contributed by atoms with E-state index in [9.17, 15) is 0 Å². The molecule has 0 radical (unpaired) electrons. The molecule has 0 saturated heterocycles. The zero-order valence-corrected chi connectivity index (χ0v) is 27.4. The van der Waals surface area contributed by atoms with Crippen LogP contribution in [0.1, 0.15) is 28.2 Å². The van der Waals surface area contributed by atoms with Gasteiger partial charge in [-0.25, -0.2) is 9.97 Å². The average molecular weight is 640 g/mol. The third-order valence-corrected chi connectivity index (χ3v) is 9.57. The number of hydrogen-bond acceptors (Lipinski definition) is 2. The predicted molar refractivity (Wildman–Crippen MR) is 208 cm³/mol. The highest BCUT2D eigenvalue weighted by Crippen LogP contribution is 2.36. The fourth-order valence-corrected chi connectivity index (χ4v) is 7.11. The van der Waals surface area contributed by atoms with Gasteiger partial charge in [0.2, 0.25) is 5.95 Å². The van der Waals surface area contributed by atoms with Crippen LogP contribution in [0.5, 0.6) is 0 Å². The Morgan fingerprint density at radius 2 is 1.10 bits per heavy atom. The lowest BCUT2D eigenvalue weighted by atomic mass is 9.88. The molecule has 1 unspecified atom stereocenters. The summed E-state index contributed by atoms with van der Waals surface area (Å²) in [6, 6.07) is 57.5. The van der Waals surface area contributed by atoms with E-state index >= 15 is 0 Å². The number of allylic oxidation sites excluding steroid dienone is 5. The van der Waals surface area contributed by atoms with Gasteiger partial charge in [-0.05, 0) is 52.1 Å². The van der Waals surface area contributed by atoms with Gasteiger partial charge >= 0.3 is 0 Å². The zero-order chi connectivity index (χ0) is 33.3. The minimum absolute atomic E-state index is 0.167. The molecule has 9 rings (SSSR count). The quantitative estimate of drug-likeness (QED) is 0.188. The summed E-state index contributed by atoms with van der Waals surface area (Å²) < 4.78 is 2.21. The molecule has 0 fully saturated rings. The van der Waals surface area contributed by atoms with Crippen LogP contribution in [-0.4, -0.2) is 14.5 Å². The van der Waals surface area contributed by atoms with Gasteiger partial charge in [-0.1, -0.05) is 170 Å². The third-order valence-electron chi connectivity index (χ3n) is 9.57. The molecular formula is C47H33N3. The minimum atomic E-state index is 0.167. The number of benzene rings is 6. The lowest BCUT2D eigenvalue weighted by molar-refractivity contribution is 0.995. The van der Waals surface area contributed by atoms with E-state index in [-0.39, 0.29) is 5.92 Å². The molecule has 3 heteroatoms. The van der Waals surface area contributed by atoms with Crippen molar-refractivity contribution in [1.29, 1.82) is 0 Å². The van der Waals surface area contributed by atoms with Gasteiger partial charge in [-0.15, -0.1) is 0 Å². The Bertz CT molecular complexity index is 2520. The van der Waals surface area contributed by atoms with Crippen molar-refractivity contribution < 1.29 is 0 Å².